The lowest BCUT2D eigenvalue weighted by molar-refractivity contribution is -0.132. The number of aliphatic hydroxyl groups is 1. The first-order valence-electron chi connectivity index (χ1n) is 10.6. The topological polar surface area (TPSA) is 92.9 Å². The van der Waals surface area contributed by atoms with Crippen LogP contribution in [0.4, 0.5) is 5.82 Å². The number of carbonyl (C=O) groups is 2. The Hall–Kier alpha value is -3.87. The number of carbonyl (C=O) groups excluding carboxylic acids is 2. The zero-order valence-corrected chi connectivity index (χ0v) is 19.2. The van der Waals surface area contributed by atoms with Crippen molar-refractivity contribution < 1.29 is 24.0 Å². The largest absolute Gasteiger partial charge is 0.507 e. The van der Waals surface area contributed by atoms with E-state index in [1.807, 2.05) is 24.3 Å². The lowest BCUT2D eigenvalue weighted by Gasteiger charge is -2.24. The van der Waals surface area contributed by atoms with E-state index < -0.39 is 17.7 Å². The predicted octanol–water partition coefficient (Wildman–Crippen LogP) is 4.92. The number of nitrogens with zero attached hydrogens (tertiary/aromatic N) is 2. The highest BCUT2D eigenvalue weighted by molar-refractivity contribution is 6.51. The van der Waals surface area contributed by atoms with Gasteiger partial charge in [-0.25, -0.2) is 0 Å². The van der Waals surface area contributed by atoms with E-state index in [4.69, 9.17) is 9.26 Å². The lowest BCUT2D eigenvalue weighted by Crippen LogP contribution is -2.29. The van der Waals surface area contributed by atoms with E-state index in [2.05, 4.69) is 25.9 Å². The molecule has 7 heteroatoms. The van der Waals surface area contributed by atoms with Crippen LogP contribution >= 0.6 is 0 Å². The van der Waals surface area contributed by atoms with Gasteiger partial charge in [-0.1, -0.05) is 62.3 Å². The molecule has 2 aromatic carbocycles. The van der Waals surface area contributed by atoms with E-state index in [-0.39, 0.29) is 22.6 Å². The molecule has 1 aliphatic rings. The Morgan fingerprint density at radius 3 is 2.36 bits per heavy atom. The molecule has 1 unspecified atom stereocenters. The van der Waals surface area contributed by atoms with Crippen LogP contribution in [0.3, 0.4) is 0 Å². The van der Waals surface area contributed by atoms with Gasteiger partial charge in [0, 0.05) is 11.6 Å². The first kappa shape index (κ1) is 22.3. The number of Topliss-reactive ketones (excluding diaryl/α,β-unsaturated/α-hetero) is 1. The number of aryl methyl sites for hydroxylation is 1. The highest BCUT2D eigenvalue weighted by Crippen LogP contribution is 2.42. The summed E-state index contributed by atoms with van der Waals surface area (Å²) in [5.41, 5.74) is 2.07. The predicted molar refractivity (Wildman–Crippen MR) is 124 cm³/mol. The number of amides is 1. The molecule has 0 spiro atoms. The van der Waals surface area contributed by atoms with Crippen LogP contribution in [0.2, 0.25) is 0 Å². The molecule has 1 aromatic heterocycles. The average molecular weight is 447 g/mol. The Morgan fingerprint density at radius 2 is 1.79 bits per heavy atom. The first-order chi connectivity index (χ1) is 15.6. The molecular formula is C26H26N2O5. The number of methoxy groups -OCH3 is 1. The third-order valence-electron chi connectivity index (χ3n) is 5.74. The number of hydrogen-bond acceptors (Lipinski definition) is 6. The SMILES string of the molecule is COc1cccc(/C(O)=C2\C(=O)C(=O)N(c3cc(C)on3)C2c2ccc(C(C)(C)C)cc2)c1. The highest BCUT2D eigenvalue weighted by atomic mass is 16.5. The van der Waals surface area contributed by atoms with Gasteiger partial charge in [0.15, 0.2) is 5.82 Å². The Labute approximate surface area is 192 Å². The number of benzene rings is 2. The number of aromatic nitrogens is 1. The number of ketones is 1. The number of hydrogen-bond donors (Lipinski definition) is 1. The van der Waals surface area contributed by atoms with Crippen molar-refractivity contribution in [2.24, 2.45) is 0 Å². The van der Waals surface area contributed by atoms with Crippen LogP contribution in [0, 0.1) is 6.92 Å². The third kappa shape index (κ3) is 4.02. The Morgan fingerprint density at radius 1 is 1.09 bits per heavy atom. The molecule has 1 saturated heterocycles. The maximum atomic E-state index is 13.2. The highest BCUT2D eigenvalue weighted by Gasteiger charge is 2.48. The van der Waals surface area contributed by atoms with Crippen LogP contribution in [-0.2, 0) is 15.0 Å². The minimum atomic E-state index is -0.866. The number of ether oxygens (including phenoxy) is 1. The Balaban J connectivity index is 1.92. The van der Waals surface area contributed by atoms with Crippen molar-refractivity contribution in [3.8, 4) is 5.75 Å². The second-order valence-corrected chi connectivity index (χ2v) is 9.07. The van der Waals surface area contributed by atoms with Crippen molar-refractivity contribution in [1.82, 2.24) is 5.16 Å². The Kier molecular flexibility index (Phi) is 5.57. The molecule has 1 N–H and O–H groups in total. The zero-order chi connectivity index (χ0) is 23.9. The van der Waals surface area contributed by atoms with Gasteiger partial charge in [-0.15, -0.1) is 0 Å². The van der Waals surface area contributed by atoms with Crippen LogP contribution in [0.1, 0.15) is 49.3 Å². The van der Waals surface area contributed by atoms with Gasteiger partial charge in [-0.2, -0.15) is 0 Å². The molecule has 170 valence electrons. The summed E-state index contributed by atoms with van der Waals surface area (Å²) in [4.78, 5) is 27.6. The molecule has 0 radical (unpaired) electrons. The zero-order valence-electron chi connectivity index (χ0n) is 19.2. The van der Waals surface area contributed by atoms with E-state index in [1.165, 1.54) is 12.0 Å². The van der Waals surface area contributed by atoms with Gasteiger partial charge in [0.1, 0.15) is 17.3 Å². The lowest BCUT2D eigenvalue weighted by atomic mass is 9.85. The minimum Gasteiger partial charge on any atom is -0.507 e. The molecule has 0 aliphatic carbocycles. The van der Waals surface area contributed by atoms with Gasteiger partial charge in [0.05, 0.1) is 18.7 Å². The van der Waals surface area contributed by atoms with Crippen molar-refractivity contribution in [1.29, 1.82) is 0 Å². The van der Waals surface area contributed by atoms with Crippen molar-refractivity contribution in [3.05, 3.63) is 82.6 Å². The summed E-state index contributed by atoms with van der Waals surface area (Å²) in [7, 11) is 1.52. The standard InChI is InChI=1S/C26H26N2O5/c1-15-13-20(27-33-15)28-22(16-9-11-18(12-10-16)26(2,3)4)21(24(30)25(28)31)23(29)17-7-6-8-19(14-17)32-5/h6-14,22,29H,1-5H3/b23-21+. The van der Waals surface area contributed by atoms with Gasteiger partial charge in [0.25, 0.3) is 5.78 Å². The molecule has 1 aliphatic heterocycles. The van der Waals surface area contributed by atoms with Gasteiger partial charge >= 0.3 is 5.91 Å². The number of anilines is 1. The molecule has 1 amide bonds. The van der Waals surface area contributed by atoms with E-state index in [9.17, 15) is 14.7 Å². The maximum Gasteiger partial charge on any atom is 0.301 e. The Bertz CT molecular complexity index is 1250. The van der Waals surface area contributed by atoms with E-state index in [0.29, 0.717) is 22.6 Å². The molecule has 1 atom stereocenters. The van der Waals surface area contributed by atoms with Crippen LogP contribution in [-0.4, -0.2) is 29.1 Å². The second kappa shape index (κ2) is 8.24. The van der Waals surface area contributed by atoms with Crippen LogP contribution in [0.15, 0.2) is 64.7 Å². The molecule has 0 saturated carbocycles. The maximum absolute atomic E-state index is 13.2. The monoisotopic (exact) mass is 446 g/mol. The normalized spacial score (nSPS) is 18.1. The van der Waals surface area contributed by atoms with E-state index in [1.54, 1.807) is 37.3 Å². The van der Waals surface area contributed by atoms with Gasteiger partial charge in [-0.3, -0.25) is 14.5 Å². The summed E-state index contributed by atoms with van der Waals surface area (Å²) in [6.07, 6.45) is 0. The average Bonchev–Trinajstić information content (AvgIpc) is 3.33. The molecule has 1 fully saturated rings. The van der Waals surface area contributed by atoms with Crippen molar-refractivity contribution >= 4 is 23.3 Å². The summed E-state index contributed by atoms with van der Waals surface area (Å²) in [5, 5.41) is 15.2. The fourth-order valence-electron chi connectivity index (χ4n) is 3.94. The van der Waals surface area contributed by atoms with Gasteiger partial charge in [-0.05, 0) is 35.6 Å². The second-order valence-electron chi connectivity index (χ2n) is 9.07. The molecule has 3 aromatic rings. The van der Waals surface area contributed by atoms with Crippen LogP contribution in [0.5, 0.6) is 5.75 Å². The summed E-state index contributed by atoms with van der Waals surface area (Å²) >= 11 is 0. The summed E-state index contributed by atoms with van der Waals surface area (Å²) in [6, 6.07) is 15.1. The molecule has 33 heavy (non-hydrogen) atoms. The van der Waals surface area contributed by atoms with Gasteiger partial charge < -0.3 is 14.4 Å². The van der Waals surface area contributed by atoms with Crippen LogP contribution < -0.4 is 9.64 Å². The smallest absolute Gasteiger partial charge is 0.301 e. The number of aliphatic hydroxyl groups excluding tert-OH is 1. The molecule has 0 bridgehead atoms. The van der Waals surface area contributed by atoms with Gasteiger partial charge in [0.2, 0.25) is 0 Å². The van der Waals surface area contributed by atoms with Crippen LogP contribution in [0.25, 0.3) is 5.76 Å². The summed E-state index contributed by atoms with van der Waals surface area (Å²) in [6.45, 7) is 8.02. The van der Waals surface area contributed by atoms with E-state index >= 15 is 0 Å². The third-order valence-corrected chi connectivity index (χ3v) is 5.74. The van der Waals surface area contributed by atoms with Crippen molar-refractivity contribution in [2.45, 2.75) is 39.2 Å². The fourth-order valence-corrected chi connectivity index (χ4v) is 3.94. The van der Waals surface area contributed by atoms with E-state index in [0.717, 1.165) is 5.56 Å². The minimum absolute atomic E-state index is 0.0163. The molecular weight excluding hydrogens is 420 g/mol. The molecule has 7 nitrogen and oxygen atoms in total. The first-order valence-corrected chi connectivity index (χ1v) is 10.6. The number of rotatable bonds is 4. The summed E-state index contributed by atoms with van der Waals surface area (Å²) < 4.78 is 10.4. The fraction of sp³-hybridized carbons (Fsp3) is 0.269. The van der Waals surface area contributed by atoms with Crippen molar-refractivity contribution in [2.75, 3.05) is 12.0 Å². The van der Waals surface area contributed by atoms with Crippen molar-refractivity contribution in [3.63, 3.8) is 0 Å². The summed E-state index contributed by atoms with van der Waals surface area (Å²) in [5.74, 6) is -0.615. The molecule has 2 heterocycles. The quantitative estimate of drug-likeness (QED) is 0.348. The molecule has 4 rings (SSSR count).